The number of hydrogen-bond donors (Lipinski definition) is 3. The van der Waals surface area contributed by atoms with Crippen molar-refractivity contribution in [1.29, 1.82) is 0 Å². The molecule has 5 atom stereocenters. The van der Waals surface area contributed by atoms with Gasteiger partial charge in [0.1, 0.15) is 18.0 Å². The molecular weight excluding hydrogens is 577 g/mol. The second-order valence-corrected chi connectivity index (χ2v) is 13.7. The minimum Gasteiger partial charge on any atom is -0.462 e. The maximum absolute atomic E-state index is 12.7. The Balaban J connectivity index is 1.36. The third kappa shape index (κ3) is 6.50. The maximum atomic E-state index is 12.7. The molecule has 4 N–H and O–H groups in total. The van der Waals surface area contributed by atoms with Gasteiger partial charge in [-0.25, -0.2) is 10.1 Å². The van der Waals surface area contributed by atoms with E-state index in [1.165, 1.54) is 0 Å². The molecule has 0 radical (unpaired) electrons. The molecule has 0 saturated carbocycles. The molecule has 1 unspecified atom stereocenters. The Hall–Kier alpha value is -3.35. The van der Waals surface area contributed by atoms with Crippen LogP contribution >= 0.6 is 6.64 Å². The number of aromatic nitrogens is 4. The van der Waals surface area contributed by atoms with E-state index >= 15 is 0 Å². The van der Waals surface area contributed by atoms with Crippen molar-refractivity contribution in [1.82, 2.24) is 24.6 Å². The number of imidazole rings is 1. The molecule has 224 valence electrons. The minimum absolute atomic E-state index is 0.106. The van der Waals surface area contributed by atoms with Crippen LogP contribution in [0.5, 0.6) is 5.75 Å². The third-order valence-corrected chi connectivity index (χ3v) is 9.34. The van der Waals surface area contributed by atoms with Crippen molar-refractivity contribution in [2.45, 2.75) is 58.6 Å². The number of fused-ring (bicyclic) bond motifs is 2. The van der Waals surface area contributed by atoms with Crippen molar-refractivity contribution >= 4 is 58.1 Å². The number of hydrogen-bond acceptors (Lipinski definition) is 11. The van der Waals surface area contributed by atoms with E-state index in [2.05, 4.69) is 32.3 Å². The third-order valence-electron chi connectivity index (χ3n) is 6.86. The van der Waals surface area contributed by atoms with Gasteiger partial charge in [0.2, 0.25) is 5.95 Å². The average Bonchev–Trinajstić information content (AvgIpc) is 3.53. The molecular formula is C28H36N7O5PS. The van der Waals surface area contributed by atoms with Crippen LogP contribution in [0.4, 0.5) is 11.8 Å². The molecule has 2 aromatic heterocycles. The SMILES string of the molecule is CNc1nc(N)nc2c1ncn2[C@@H]1O[C@H](COP(=S)(N[C@H](C)C(=O)OC(C)C)Oc2cccc3ccccc23)C[C@@H]1C. The topological polar surface area (TPSA) is 148 Å². The molecule has 0 spiro atoms. The lowest BCUT2D eigenvalue weighted by molar-refractivity contribution is -0.149. The van der Waals surface area contributed by atoms with Gasteiger partial charge in [-0.2, -0.15) is 9.97 Å². The van der Waals surface area contributed by atoms with E-state index in [-0.39, 0.29) is 36.9 Å². The van der Waals surface area contributed by atoms with Gasteiger partial charge >= 0.3 is 12.6 Å². The first-order valence-electron chi connectivity index (χ1n) is 13.8. The summed E-state index contributed by atoms with van der Waals surface area (Å²) in [6.45, 7) is 4.24. The van der Waals surface area contributed by atoms with Gasteiger partial charge in [0, 0.05) is 18.4 Å². The van der Waals surface area contributed by atoms with Crippen molar-refractivity contribution in [3.63, 3.8) is 0 Å². The monoisotopic (exact) mass is 613 g/mol. The zero-order valence-corrected chi connectivity index (χ0v) is 25.9. The van der Waals surface area contributed by atoms with E-state index in [0.717, 1.165) is 10.8 Å². The number of carbonyl (C=O) groups is 1. The number of benzene rings is 2. The summed E-state index contributed by atoms with van der Waals surface area (Å²) in [5.74, 6) is 0.916. The van der Waals surface area contributed by atoms with Crippen molar-refractivity contribution in [3.8, 4) is 5.75 Å². The van der Waals surface area contributed by atoms with E-state index in [4.69, 9.17) is 36.1 Å². The predicted octanol–water partition coefficient (Wildman–Crippen LogP) is 4.78. The van der Waals surface area contributed by atoms with Crippen LogP contribution in [-0.4, -0.2) is 57.4 Å². The normalized spacial score (nSPS) is 21.0. The van der Waals surface area contributed by atoms with Gasteiger partial charge < -0.3 is 29.6 Å². The highest BCUT2D eigenvalue weighted by Gasteiger charge is 2.37. The summed E-state index contributed by atoms with van der Waals surface area (Å²) < 4.78 is 26.4. The number of nitrogen functional groups attached to an aromatic ring is 1. The Kier molecular flexibility index (Phi) is 8.95. The Labute approximate surface area is 249 Å². The van der Waals surface area contributed by atoms with Crippen molar-refractivity contribution in [2.75, 3.05) is 24.7 Å². The van der Waals surface area contributed by atoms with Gasteiger partial charge in [-0.05, 0) is 50.5 Å². The zero-order chi connectivity index (χ0) is 30.0. The van der Waals surface area contributed by atoms with Gasteiger partial charge in [-0.15, -0.1) is 0 Å². The summed E-state index contributed by atoms with van der Waals surface area (Å²) in [5, 5.41) is 8.02. The fourth-order valence-electron chi connectivity index (χ4n) is 4.96. The highest BCUT2D eigenvalue weighted by molar-refractivity contribution is 8.09. The molecule has 1 aliphatic rings. The van der Waals surface area contributed by atoms with E-state index in [0.29, 0.717) is 29.2 Å². The largest absolute Gasteiger partial charge is 0.462 e. The number of nitrogens with two attached hydrogens (primary N) is 1. The van der Waals surface area contributed by atoms with Crippen LogP contribution in [-0.2, 0) is 30.6 Å². The Morgan fingerprint density at radius 2 is 1.98 bits per heavy atom. The summed E-state index contributed by atoms with van der Waals surface area (Å²) in [5.41, 5.74) is 7.13. The molecule has 14 heteroatoms. The lowest BCUT2D eigenvalue weighted by Crippen LogP contribution is -2.36. The fraction of sp³-hybridized carbons (Fsp3) is 0.429. The fourth-order valence-corrected chi connectivity index (χ4v) is 7.40. The van der Waals surface area contributed by atoms with Gasteiger partial charge in [-0.3, -0.25) is 9.36 Å². The van der Waals surface area contributed by atoms with Crippen LogP contribution in [0.25, 0.3) is 21.9 Å². The summed E-state index contributed by atoms with van der Waals surface area (Å²) in [6.07, 6.45) is 1.45. The van der Waals surface area contributed by atoms with Crippen LogP contribution in [0.3, 0.4) is 0 Å². The second kappa shape index (κ2) is 12.5. The van der Waals surface area contributed by atoms with Crippen molar-refractivity contribution in [2.24, 2.45) is 5.92 Å². The number of anilines is 2. The molecule has 12 nitrogen and oxygen atoms in total. The van der Waals surface area contributed by atoms with E-state index in [1.807, 2.05) is 47.0 Å². The predicted molar refractivity (Wildman–Crippen MR) is 166 cm³/mol. The molecule has 42 heavy (non-hydrogen) atoms. The molecule has 0 amide bonds. The van der Waals surface area contributed by atoms with Gasteiger partial charge in [0.25, 0.3) is 0 Å². The van der Waals surface area contributed by atoms with Crippen LogP contribution in [0, 0.1) is 5.92 Å². The number of rotatable bonds is 11. The second-order valence-electron chi connectivity index (χ2n) is 10.6. The molecule has 0 bridgehead atoms. The van der Waals surface area contributed by atoms with Crippen molar-refractivity contribution < 1.29 is 23.3 Å². The molecule has 2 aromatic carbocycles. The maximum Gasteiger partial charge on any atom is 0.323 e. The Morgan fingerprint density at radius 1 is 1.21 bits per heavy atom. The highest BCUT2D eigenvalue weighted by atomic mass is 32.5. The first-order valence-corrected chi connectivity index (χ1v) is 16.4. The molecule has 0 aliphatic carbocycles. The molecule has 1 aliphatic heterocycles. The number of esters is 1. The molecule has 1 fully saturated rings. The van der Waals surface area contributed by atoms with Crippen LogP contribution in [0.2, 0.25) is 0 Å². The first-order chi connectivity index (χ1) is 20.1. The van der Waals surface area contributed by atoms with Crippen molar-refractivity contribution in [3.05, 3.63) is 48.8 Å². The van der Waals surface area contributed by atoms with Gasteiger partial charge in [0.05, 0.1) is 25.1 Å². The summed E-state index contributed by atoms with van der Waals surface area (Å²) in [6, 6.07) is 12.8. The highest BCUT2D eigenvalue weighted by Crippen LogP contribution is 2.48. The number of ether oxygens (including phenoxy) is 2. The molecule has 4 aromatic rings. The molecule has 5 rings (SSSR count). The van der Waals surface area contributed by atoms with Gasteiger partial charge in [0.15, 0.2) is 17.0 Å². The van der Waals surface area contributed by atoms with Gasteiger partial charge in [-0.1, -0.05) is 43.3 Å². The van der Waals surface area contributed by atoms with E-state index in [1.54, 1.807) is 34.1 Å². The molecule has 3 heterocycles. The quantitative estimate of drug-likeness (QED) is 0.158. The average molecular weight is 614 g/mol. The first kappa shape index (κ1) is 30.1. The lowest BCUT2D eigenvalue weighted by atomic mass is 10.1. The minimum atomic E-state index is -3.27. The number of carbonyl (C=O) groups excluding carboxylic acids is 1. The lowest BCUT2D eigenvalue weighted by Gasteiger charge is -2.28. The standard InChI is InChI=1S/C28H36N7O5PS/c1-16(2)38-27(36)18(4)34-41(42,40-22-12-8-10-19-9-6-7-11-21(19)22)37-14-20-13-17(3)26(39-20)35-15-31-23-24(30-5)32-28(29)33-25(23)35/h6-12,15-18,20,26H,13-14H2,1-5H3,(H,34,42)(H3,29,30,32,33)/t17-,18+,20-,26+,41?/m0/s1. The van der Waals surface area contributed by atoms with E-state index < -0.39 is 18.7 Å². The summed E-state index contributed by atoms with van der Waals surface area (Å²) in [7, 11) is 1.75. The van der Waals surface area contributed by atoms with Crippen LogP contribution in [0.1, 0.15) is 40.3 Å². The smallest absolute Gasteiger partial charge is 0.323 e. The number of nitrogens with zero attached hydrogens (tertiary/aromatic N) is 4. The number of nitrogens with one attached hydrogen (secondary N) is 2. The Bertz CT molecular complexity index is 1630. The Morgan fingerprint density at radius 3 is 2.74 bits per heavy atom. The zero-order valence-electron chi connectivity index (χ0n) is 24.2. The van der Waals surface area contributed by atoms with E-state index in [9.17, 15) is 4.79 Å². The van der Waals surface area contributed by atoms with Crippen LogP contribution in [0.15, 0.2) is 48.8 Å². The summed E-state index contributed by atoms with van der Waals surface area (Å²) in [4.78, 5) is 25.8. The summed E-state index contributed by atoms with van der Waals surface area (Å²) >= 11 is 5.97. The van der Waals surface area contributed by atoms with Crippen LogP contribution < -0.4 is 20.7 Å². The molecule has 1 saturated heterocycles.